The summed E-state index contributed by atoms with van der Waals surface area (Å²) < 4.78 is 0. The summed E-state index contributed by atoms with van der Waals surface area (Å²) in [6.45, 7) is 14.3. The molecule has 0 aliphatic heterocycles. The molecule has 0 aromatic carbocycles. The molecular formula is C15H24. The summed E-state index contributed by atoms with van der Waals surface area (Å²) >= 11 is 0. The molecule has 0 radical (unpaired) electrons. The van der Waals surface area contributed by atoms with Crippen LogP contribution in [0, 0.1) is 0 Å². The van der Waals surface area contributed by atoms with Crippen molar-refractivity contribution in [1.29, 1.82) is 0 Å². The zero-order chi connectivity index (χ0) is 11.7. The Hall–Kier alpha value is -1.04. The molecule has 0 unspecified atom stereocenters. The van der Waals surface area contributed by atoms with Gasteiger partial charge >= 0.3 is 0 Å². The first-order valence-electron chi connectivity index (χ1n) is 5.83. The number of hydrogen-bond donors (Lipinski definition) is 0. The largest absolute Gasteiger partial charge is 0.0990 e. The van der Waals surface area contributed by atoms with Gasteiger partial charge in [0.1, 0.15) is 0 Å². The zero-order valence-electron chi connectivity index (χ0n) is 10.5. The third kappa shape index (κ3) is 6.11. The van der Waals surface area contributed by atoms with E-state index in [1.54, 1.807) is 0 Å². The van der Waals surface area contributed by atoms with Crippen molar-refractivity contribution in [2.45, 2.75) is 46.5 Å². The zero-order valence-corrected chi connectivity index (χ0v) is 10.5. The van der Waals surface area contributed by atoms with Crippen LogP contribution in [0.5, 0.6) is 0 Å². The molecule has 0 aliphatic carbocycles. The Bertz CT molecular complexity index is 264. The van der Waals surface area contributed by atoms with E-state index in [1.165, 1.54) is 36.0 Å². The molecule has 0 aromatic heterocycles. The lowest BCUT2D eigenvalue weighted by Gasteiger charge is -2.06. The first-order chi connectivity index (χ1) is 7.15. The van der Waals surface area contributed by atoms with E-state index in [2.05, 4.69) is 40.0 Å². The lowest BCUT2D eigenvalue weighted by Crippen LogP contribution is -1.86. The molecular weight excluding hydrogens is 180 g/mol. The minimum atomic E-state index is 0.997. The van der Waals surface area contributed by atoms with Crippen LogP contribution >= 0.6 is 0 Å². The molecule has 15 heavy (non-hydrogen) atoms. The Kier molecular flexibility index (Phi) is 7.71. The average molecular weight is 204 g/mol. The third-order valence-corrected chi connectivity index (χ3v) is 2.46. The summed E-state index contributed by atoms with van der Waals surface area (Å²) in [5.74, 6) is 0. The maximum Gasteiger partial charge on any atom is -0.0231 e. The molecule has 0 nitrogen and oxygen atoms in total. The molecule has 0 fully saturated rings. The predicted octanol–water partition coefficient (Wildman–Crippen LogP) is 5.20. The molecule has 0 saturated carbocycles. The van der Waals surface area contributed by atoms with Gasteiger partial charge in [-0.1, -0.05) is 57.2 Å². The summed E-state index contributed by atoms with van der Waals surface area (Å²) in [6, 6.07) is 0. The molecule has 0 atom stereocenters. The second-order valence-corrected chi connectivity index (χ2v) is 3.91. The van der Waals surface area contributed by atoms with E-state index >= 15 is 0 Å². The number of unbranched alkanes of at least 4 members (excludes halogenated alkanes) is 1. The minimum Gasteiger partial charge on any atom is -0.0990 e. The summed E-state index contributed by atoms with van der Waals surface area (Å²) in [6.07, 6.45) is 10.8. The van der Waals surface area contributed by atoms with Gasteiger partial charge in [0.15, 0.2) is 0 Å². The molecule has 0 bridgehead atoms. The van der Waals surface area contributed by atoms with Crippen LogP contribution in [0.4, 0.5) is 0 Å². The van der Waals surface area contributed by atoms with Gasteiger partial charge in [-0.15, -0.1) is 0 Å². The van der Waals surface area contributed by atoms with Gasteiger partial charge in [-0.3, -0.25) is 0 Å². The van der Waals surface area contributed by atoms with E-state index in [1.807, 2.05) is 12.2 Å². The van der Waals surface area contributed by atoms with E-state index in [-0.39, 0.29) is 0 Å². The van der Waals surface area contributed by atoms with E-state index in [0.29, 0.717) is 0 Å². The van der Waals surface area contributed by atoms with Crippen molar-refractivity contribution in [1.82, 2.24) is 0 Å². The van der Waals surface area contributed by atoms with Gasteiger partial charge in [0.05, 0.1) is 0 Å². The van der Waals surface area contributed by atoms with Crippen molar-refractivity contribution < 1.29 is 0 Å². The number of rotatable bonds is 7. The molecule has 0 amide bonds. The van der Waals surface area contributed by atoms with Gasteiger partial charge < -0.3 is 0 Å². The Morgan fingerprint density at radius 3 is 2.40 bits per heavy atom. The van der Waals surface area contributed by atoms with Crippen molar-refractivity contribution >= 4 is 0 Å². The molecule has 84 valence electrons. The SMILES string of the molecule is C=CC=C(C=C(C)CCCC)C(=C)CC. The molecule has 0 heterocycles. The topological polar surface area (TPSA) is 0 Å². The van der Waals surface area contributed by atoms with Crippen LogP contribution < -0.4 is 0 Å². The van der Waals surface area contributed by atoms with Crippen molar-refractivity contribution in [3.63, 3.8) is 0 Å². The molecule has 0 saturated heterocycles. The quantitative estimate of drug-likeness (QED) is 0.500. The molecule has 0 spiro atoms. The van der Waals surface area contributed by atoms with E-state index in [4.69, 9.17) is 0 Å². The Morgan fingerprint density at radius 1 is 1.27 bits per heavy atom. The first-order valence-corrected chi connectivity index (χ1v) is 5.83. The first kappa shape index (κ1) is 14.0. The Labute approximate surface area is 95.1 Å². The van der Waals surface area contributed by atoms with Gasteiger partial charge in [0.2, 0.25) is 0 Å². The highest BCUT2D eigenvalue weighted by Gasteiger charge is 1.97. The van der Waals surface area contributed by atoms with Crippen LogP contribution in [0.1, 0.15) is 46.5 Å². The van der Waals surface area contributed by atoms with Gasteiger partial charge in [0, 0.05) is 0 Å². The monoisotopic (exact) mass is 204 g/mol. The fourth-order valence-electron chi connectivity index (χ4n) is 1.39. The number of hydrogen-bond acceptors (Lipinski definition) is 0. The average Bonchev–Trinajstić information content (AvgIpc) is 2.24. The maximum atomic E-state index is 4.06. The molecule has 0 aromatic rings. The second-order valence-electron chi connectivity index (χ2n) is 3.91. The Morgan fingerprint density at radius 2 is 1.93 bits per heavy atom. The number of allylic oxidation sites excluding steroid dienone is 6. The molecule has 0 heteroatoms. The van der Waals surface area contributed by atoms with Crippen molar-refractivity contribution in [3.05, 3.63) is 48.1 Å². The lowest BCUT2D eigenvalue weighted by molar-refractivity contribution is 0.787. The summed E-state index contributed by atoms with van der Waals surface area (Å²) in [7, 11) is 0. The summed E-state index contributed by atoms with van der Waals surface area (Å²) in [5.41, 5.74) is 3.84. The van der Waals surface area contributed by atoms with Crippen molar-refractivity contribution in [3.8, 4) is 0 Å². The van der Waals surface area contributed by atoms with E-state index in [9.17, 15) is 0 Å². The predicted molar refractivity (Wildman–Crippen MR) is 71.0 cm³/mol. The highest BCUT2D eigenvalue weighted by molar-refractivity contribution is 5.41. The van der Waals surface area contributed by atoms with Crippen LogP contribution in [-0.4, -0.2) is 0 Å². The van der Waals surface area contributed by atoms with Crippen LogP contribution in [0.25, 0.3) is 0 Å². The second kappa shape index (κ2) is 8.28. The molecule has 0 N–H and O–H groups in total. The third-order valence-electron chi connectivity index (χ3n) is 2.46. The van der Waals surface area contributed by atoms with Crippen LogP contribution in [0.15, 0.2) is 48.1 Å². The normalized spacial score (nSPS) is 12.7. The highest BCUT2D eigenvalue weighted by Crippen LogP contribution is 2.17. The Balaban J connectivity index is 4.59. The standard InChI is InChI=1S/C15H24/c1-6-9-11-13(4)12-15(10-7-2)14(5)8-3/h7,10,12H,2,5-6,8-9,11H2,1,3-4H3. The smallest absolute Gasteiger partial charge is 0.0231 e. The molecule has 0 aliphatic rings. The minimum absolute atomic E-state index is 0.997. The maximum absolute atomic E-state index is 4.06. The van der Waals surface area contributed by atoms with Gasteiger partial charge in [-0.2, -0.15) is 0 Å². The van der Waals surface area contributed by atoms with E-state index < -0.39 is 0 Å². The van der Waals surface area contributed by atoms with Crippen molar-refractivity contribution in [2.75, 3.05) is 0 Å². The van der Waals surface area contributed by atoms with Gasteiger partial charge in [-0.05, 0) is 37.3 Å². The summed E-state index contributed by atoms with van der Waals surface area (Å²) in [4.78, 5) is 0. The fourth-order valence-corrected chi connectivity index (χ4v) is 1.39. The van der Waals surface area contributed by atoms with Crippen LogP contribution in [-0.2, 0) is 0 Å². The summed E-state index contributed by atoms with van der Waals surface area (Å²) in [5, 5.41) is 0. The lowest BCUT2D eigenvalue weighted by atomic mass is 10.0. The fraction of sp³-hybridized carbons (Fsp3) is 0.467. The van der Waals surface area contributed by atoms with Gasteiger partial charge in [0.25, 0.3) is 0 Å². The van der Waals surface area contributed by atoms with E-state index in [0.717, 1.165) is 6.42 Å². The molecule has 0 rings (SSSR count). The van der Waals surface area contributed by atoms with Crippen LogP contribution in [0.2, 0.25) is 0 Å². The highest BCUT2D eigenvalue weighted by atomic mass is 14.0. The van der Waals surface area contributed by atoms with Crippen molar-refractivity contribution in [2.24, 2.45) is 0 Å². The van der Waals surface area contributed by atoms with Crippen LogP contribution in [0.3, 0.4) is 0 Å². The van der Waals surface area contributed by atoms with Gasteiger partial charge in [-0.25, -0.2) is 0 Å².